The molecule has 98 valence electrons. The summed E-state index contributed by atoms with van der Waals surface area (Å²) in [6.45, 7) is 2.07. The summed E-state index contributed by atoms with van der Waals surface area (Å²) in [4.78, 5) is 20.0. The van der Waals surface area contributed by atoms with Gasteiger partial charge in [0.25, 0.3) is 0 Å². The van der Waals surface area contributed by atoms with Crippen LogP contribution in [-0.2, 0) is 4.74 Å². The van der Waals surface area contributed by atoms with Crippen LogP contribution < -0.4 is 4.74 Å². The second-order valence-electron chi connectivity index (χ2n) is 3.71. The first-order valence-corrected chi connectivity index (χ1v) is 5.88. The lowest BCUT2D eigenvalue weighted by atomic mass is 10.1. The Labute approximate surface area is 111 Å². The summed E-state index contributed by atoms with van der Waals surface area (Å²) in [5, 5.41) is 0. The SMILES string of the molecule is CCOC(=O)c1ccc(OC)c(-c2cccnc2)n1. The minimum atomic E-state index is -0.449. The van der Waals surface area contributed by atoms with Gasteiger partial charge in [-0.2, -0.15) is 0 Å². The molecule has 19 heavy (non-hydrogen) atoms. The van der Waals surface area contributed by atoms with Gasteiger partial charge in [0.05, 0.1) is 13.7 Å². The summed E-state index contributed by atoms with van der Waals surface area (Å²) in [5.41, 5.74) is 1.60. The fourth-order valence-electron chi connectivity index (χ4n) is 1.64. The van der Waals surface area contributed by atoms with Crippen LogP contribution in [0, 0.1) is 0 Å². The van der Waals surface area contributed by atoms with E-state index in [-0.39, 0.29) is 5.69 Å². The van der Waals surface area contributed by atoms with Crippen molar-refractivity contribution in [1.29, 1.82) is 0 Å². The molecule has 0 spiro atoms. The number of aromatic nitrogens is 2. The fourth-order valence-corrected chi connectivity index (χ4v) is 1.64. The van der Waals surface area contributed by atoms with Crippen LogP contribution in [0.2, 0.25) is 0 Å². The van der Waals surface area contributed by atoms with Gasteiger partial charge >= 0.3 is 5.97 Å². The van der Waals surface area contributed by atoms with E-state index in [1.165, 1.54) is 0 Å². The van der Waals surface area contributed by atoms with Crippen molar-refractivity contribution < 1.29 is 14.3 Å². The molecule has 2 heterocycles. The molecule has 0 saturated heterocycles. The molecular weight excluding hydrogens is 244 g/mol. The van der Waals surface area contributed by atoms with Crippen LogP contribution >= 0.6 is 0 Å². The molecule has 0 amide bonds. The molecule has 0 aliphatic rings. The van der Waals surface area contributed by atoms with Crippen molar-refractivity contribution in [2.45, 2.75) is 6.92 Å². The van der Waals surface area contributed by atoms with Crippen LogP contribution in [0.3, 0.4) is 0 Å². The molecule has 0 aliphatic carbocycles. The summed E-state index contributed by atoms with van der Waals surface area (Å²) >= 11 is 0. The summed E-state index contributed by atoms with van der Waals surface area (Å²) < 4.78 is 10.2. The third-order valence-corrected chi connectivity index (χ3v) is 2.50. The zero-order valence-electron chi connectivity index (χ0n) is 10.8. The molecular formula is C14H14N2O3. The average molecular weight is 258 g/mol. The minimum Gasteiger partial charge on any atom is -0.494 e. The third kappa shape index (κ3) is 2.88. The van der Waals surface area contributed by atoms with Crippen molar-refractivity contribution in [2.75, 3.05) is 13.7 Å². The highest BCUT2D eigenvalue weighted by molar-refractivity contribution is 5.88. The van der Waals surface area contributed by atoms with Gasteiger partial charge in [0.2, 0.25) is 0 Å². The predicted octanol–water partition coefficient (Wildman–Crippen LogP) is 2.33. The maximum atomic E-state index is 11.7. The number of rotatable bonds is 4. The number of nitrogens with zero attached hydrogens (tertiary/aromatic N) is 2. The molecule has 2 aromatic rings. The molecule has 0 N–H and O–H groups in total. The zero-order chi connectivity index (χ0) is 13.7. The molecule has 0 fully saturated rings. The molecule has 0 saturated carbocycles. The van der Waals surface area contributed by atoms with Crippen molar-refractivity contribution >= 4 is 5.97 Å². The van der Waals surface area contributed by atoms with Gasteiger partial charge in [-0.3, -0.25) is 4.98 Å². The molecule has 0 unspecified atom stereocenters. The first-order chi connectivity index (χ1) is 9.26. The van der Waals surface area contributed by atoms with E-state index >= 15 is 0 Å². The van der Waals surface area contributed by atoms with Crippen LogP contribution in [0.4, 0.5) is 0 Å². The quantitative estimate of drug-likeness (QED) is 0.788. The minimum absolute atomic E-state index is 0.251. The Morgan fingerprint density at radius 1 is 1.32 bits per heavy atom. The van der Waals surface area contributed by atoms with E-state index in [9.17, 15) is 4.79 Å². The second-order valence-corrected chi connectivity index (χ2v) is 3.71. The van der Waals surface area contributed by atoms with Gasteiger partial charge in [-0.15, -0.1) is 0 Å². The lowest BCUT2D eigenvalue weighted by Gasteiger charge is -2.09. The Bertz CT molecular complexity index is 570. The van der Waals surface area contributed by atoms with Crippen LogP contribution in [0.25, 0.3) is 11.3 Å². The lowest BCUT2D eigenvalue weighted by molar-refractivity contribution is 0.0519. The maximum Gasteiger partial charge on any atom is 0.356 e. The summed E-state index contributed by atoms with van der Waals surface area (Å²) in [6.07, 6.45) is 3.34. The average Bonchev–Trinajstić information content (AvgIpc) is 2.47. The van der Waals surface area contributed by atoms with Crippen molar-refractivity contribution in [1.82, 2.24) is 9.97 Å². The normalized spacial score (nSPS) is 10.0. The van der Waals surface area contributed by atoms with E-state index in [1.54, 1.807) is 44.6 Å². The molecule has 0 bridgehead atoms. The number of hydrogen-bond acceptors (Lipinski definition) is 5. The van der Waals surface area contributed by atoms with Gasteiger partial charge in [0.1, 0.15) is 17.1 Å². The maximum absolute atomic E-state index is 11.7. The molecule has 0 aliphatic heterocycles. The molecule has 0 atom stereocenters. The molecule has 2 rings (SSSR count). The number of carbonyl (C=O) groups excluding carboxylic acids is 1. The van der Waals surface area contributed by atoms with E-state index in [0.717, 1.165) is 5.56 Å². The zero-order valence-corrected chi connectivity index (χ0v) is 10.8. The summed E-state index contributed by atoms with van der Waals surface area (Å²) in [5.74, 6) is 0.136. The molecule has 0 radical (unpaired) electrons. The summed E-state index contributed by atoms with van der Waals surface area (Å²) in [6, 6.07) is 6.93. The Kier molecular flexibility index (Phi) is 4.07. The van der Waals surface area contributed by atoms with E-state index in [1.807, 2.05) is 6.07 Å². The van der Waals surface area contributed by atoms with Crippen LogP contribution in [0.1, 0.15) is 17.4 Å². The van der Waals surface area contributed by atoms with Gasteiger partial charge in [-0.05, 0) is 31.2 Å². The molecule has 5 nitrogen and oxygen atoms in total. The Morgan fingerprint density at radius 3 is 2.79 bits per heavy atom. The predicted molar refractivity (Wildman–Crippen MR) is 70.0 cm³/mol. The van der Waals surface area contributed by atoms with Gasteiger partial charge in [-0.1, -0.05) is 0 Å². The Morgan fingerprint density at radius 2 is 2.16 bits per heavy atom. The van der Waals surface area contributed by atoms with E-state index < -0.39 is 5.97 Å². The van der Waals surface area contributed by atoms with E-state index in [4.69, 9.17) is 9.47 Å². The fraction of sp³-hybridized carbons (Fsp3) is 0.214. The number of pyridine rings is 2. The first kappa shape index (κ1) is 13.0. The number of methoxy groups -OCH3 is 1. The standard InChI is InChI=1S/C14H14N2O3/c1-3-19-14(17)11-6-7-12(18-2)13(16-11)10-5-4-8-15-9-10/h4-9H,3H2,1-2H3. The number of ether oxygens (including phenoxy) is 2. The second kappa shape index (κ2) is 5.95. The Balaban J connectivity index is 2.46. The van der Waals surface area contributed by atoms with Crippen molar-refractivity contribution in [3.05, 3.63) is 42.4 Å². The summed E-state index contributed by atoms with van der Waals surface area (Å²) in [7, 11) is 1.56. The van der Waals surface area contributed by atoms with E-state index in [2.05, 4.69) is 9.97 Å². The van der Waals surface area contributed by atoms with Gasteiger partial charge in [0, 0.05) is 18.0 Å². The highest BCUT2D eigenvalue weighted by Crippen LogP contribution is 2.27. The van der Waals surface area contributed by atoms with Crippen LogP contribution in [0.15, 0.2) is 36.7 Å². The highest BCUT2D eigenvalue weighted by atomic mass is 16.5. The number of esters is 1. The smallest absolute Gasteiger partial charge is 0.356 e. The number of carbonyl (C=O) groups is 1. The molecule has 0 aromatic carbocycles. The topological polar surface area (TPSA) is 61.3 Å². The van der Waals surface area contributed by atoms with Gasteiger partial charge in [-0.25, -0.2) is 9.78 Å². The van der Waals surface area contributed by atoms with Crippen LogP contribution in [-0.4, -0.2) is 29.7 Å². The largest absolute Gasteiger partial charge is 0.494 e. The molecule has 5 heteroatoms. The number of hydrogen-bond donors (Lipinski definition) is 0. The Hall–Kier alpha value is -2.43. The molecule has 2 aromatic heterocycles. The van der Waals surface area contributed by atoms with Crippen molar-refractivity contribution in [3.63, 3.8) is 0 Å². The van der Waals surface area contributed by atoms with Crippen molar-refractivity contribution in [2.24, 2.45) is 0 Å². The third-order valence-electron chi connectivity index (χ3n) is 2.50. The first-order valence-electron chi connectivity index (χ1n) is 5.88. The monoisotopic (exact) mass is 258 g/mol. The highest BCUT2D eigenvalue weighted by Gasteiger charge is 2.14. The van der Waals surface area contributed by atoms with E-state index in [0.29, 0.717) is 18.1 Å². The van der Waals surface area contributed by atoms with Gasteiger partial charge in [0.15, 0.2) is 0 Å². The lowest BCUT2D eigenvalue weighted by Crippen LogP contribution is -2.08. The van der Waals surface area contributed by atoms with Crippen molar-refractivity contribution in [3.8, 4) is 17.0 Å². The van der Waals surface area contributed by atoms with Crippen LogP contribution in [0.5, 0.6) is 5.75 Å². The van der Waals surface area contributed by atoms with Gasteiger partial charge < -0.3 is 9.47 Å².